The summed E-state index contributed by atoms with van der Waals surface area (Å²) in [6.45, 7) is 23.6. The summed E-state index contributed by atoms with van der Waals surface area (Å²) in [5.74, 6) is -0.506. The highest BCUT2D eigenvalue weighted by Gasteiger charge is 2.49. The molecule has 2 amide bonds. The number of hydrogen-bond donors (Lipinski definition) is 1. The minimum absolute atomic E-state index is 0.00639. The quantitative estimate of drug-likeness (QED) is 0.101. The molecule has 10 heteroatoms. The lowest BCUT2D eigenvalue weighted by molar-refractivity contribution is -0.971. The fourth-order valence-corrected chi connectivity index (χ4v) is 8.96. The van der Waals surface area contributed by atoms with E-state index in [9.17, 15) is 19.2 Å². The Morgan fingerprint density at radius 2 is 1.76 bits per heavy atom. The molecule has 3 rings (SSSR count). The van der Waals surface area contributed by atoms with Crippen LogP contribution in [-0.2, 0) is 25.5 Å². The van der Waals surface area contributed by atoms with Crippen LogP contribution in [0.5, 0.6) is 0 Å². The summed E-state index contributed by atoms with van der Waals surface area (Å²) in [5.41, 5.74) is 1.30. The van der Waals surface area contributed by atoms with Gasteiger partial charge in [0.25, 0.3) is 5.91 Å². The van der Waals surface area contributed by atoms with E-state index in [4.69, 9.17) is 9.72 Å². The van der Waals surface area contributed by atoms with Crippen LogP contribution in [0.1, 0.15) is 134 Å². The van der Waals surface area contributed by atoms with E-state index in [0.29, 0.717) is 34.4 Å². The first-order valence-corrected chi connectivity index (χ1v) is 21.4. The van der Waals surface area contributed by atoms with E-state index >= 15 is 0 Å². The number of likely N-dealkylation sites (N-methyl/N-ethyl adjacent to an activating group) is 1. The predicted molar refractivity (Wildman–Crippen MR) is 224 cm³/mol. The third-order valence-electron chi connectivity index (χ3n) is 12.5. The smallest absolute Gasteiger partial charge is 0.270 e. The first kappa shape index (κ1) is 46.2. The van der Waals surface area contributed by atoms with Gasteiger partial charge in [0, 0.05) is 55.6 Å². The number of rotatable bonds is 21. The number of aromatic nitrogens is 1. The molecule has 55 heavy (non-hydrogen) atoms. The Kier molecular flexibility index (Phi) is 17.5. The molecule has 0 bridgehead atoms. The van der Waals surface area contributed by atoms with Gasteiger partial charge in [0.2, 0.25) is 5.91 Å². The van der Waals surface area contributed by atoms with Gasteiger partial charge in [-0.05, 0) is 70.8 Å². The maximum absolute atomic E-state index is 14.6. The summed E-state index contributed by atoms with van der Waals surface area (Å²) in [6, 6.07) is 9.37. The third kappa shape index (κ3) is 12.4. The van der Waals surface area contributed by atoms with Crippen molar-refractivity contribution in [2.24, 2.45) is 23.7 Å². The number of hydrogen-bond acceptors (Lipinski definition) is 7. The highest BCUT2D eigenvalue weighted by molar-refractivity contribution is 7.09. The number of quaternary nitrogens is 1. The van der Waals surface area contributed by atoms with Crippen molar-refractivity contribution in [3.05, 3.63) is 64.6 Å². The van der Waals surface area contributed by atoms with Crippen LogP contribution in [0.2, 0.25) is 0 Å². The van der Waals surface area contributed by atoms with Crippen molar-refractivity contribution in [1.29, 1.82) is 0 Å². The first-order chi connectivity index (χ1) is 25.8. The van der Waals surface area contributed by atoms with Gasteiger partial charge in [-0.25, -0.2) is 4.98 Å². The molecular weight excluding hydrogens is 709 g/mol. The Morgan fingerprint density at radius 3 is 2.35 bits per heavy atom. The lowest BCUT2D eigenvalue weighted by Gasteiger charge is -2.52. The van der Waals surface area contributed by atoms with E-state index in [0.717, 1.165) is 37.8 Å². The number of ether oxygens (including phenoxy) is 1. The average molecular weight is 780 g/mol. The Morgan fingerprint density at radius 1 is 1.09 bits per heavy atom. The zero-order valence-electron chi connectivity index (χ0n) is 35.7. The molecule has 2 aromatic rings. The molecule has 1 N–H and O–H groups in total. The van der Waals surface area contributed by atoms with Crippen LogP contribution in [0.4, 0.5) is 0 Å². The number of piperidine rings is 1. The van der Waals surface area contributed by atoms with E-state index in [-0.39, 0.29) is 77.8 Å². The zero-order chi connectivity index (χ0) is 41.1. The molecule has 1 aromatic carbocycles. The SMILES string of the molecule is C=CCO[C@H](C[C@H](C(C)C)N(C)C(=O)C(CC(=O)[C@H]1CCCC[N+]1(C)C(C)(C)C)[C@@H](C)CC)c1nc(C(=O)N[C@@H](Cc2ccccc2)C[C@H](C)C(C)=O)cs1. The lowest BCUT2D eigenvalue weighted by Crippen LogP contribution is -2.67. The van der Waals surface area contributed by atoms with Gasteiger partial charge in [0.15, 0.2) is 5.78 Å². The molecule has 1 aliphatic rings. The second-order valence-corrected chi connectivity index (χ2v) is 18.5. The fourth-order valence-electron chi connectivity index (χ4n) is 8.10. The molecule has 0 saturated carbocycles. The zero-order valence-corrected chi connectivity index (χ0v) is 36.5. The Bertz CT molecular complexity index is 1570. The molecule has 2 heterocycles. The van der Waals surface area contributed by atoms with Crippen LogP contribution >= 0.6 is 11.3 Å². The number of benzene rings is 1. The van der Waals surface area contributed by atoms with Gasteiger partial charge in [-0.2, -0.15) is 0 Å². The first-order valence-electron chi connectivity index (χ1n) is 20.5. The highest BCUT2D eigenvalue weighted by atomic mass is 32.1. The van der Waals surface area contributed by atoms with Crippen LogP contribution < -0.4 is 5.32 Å². The number of likely N-dealkylation sites (tertiary alicyclic amines) is 1. The van der Waals surface area contributed by atoms with Gasteiger partial charge in [-0.1, -0.05) is 77.4 Å². The molecular formula is C45H71N4O5S+. The third-order valence-corrected chi connectivity index (χ3v) is 13.5. The summed E-state index contributed by atoms with van der Waals surface area (Å²) in [6.07, 6.45) is 6.85. The molecule has 0 spiro atoms. The van der Waals surface area contributed by atoms with E-state index in [2.05, 4.69) is 67.4 Å². The highest BCUT2D eigenvalue weighted by Crippen LogP contribution is 2.37. The van der Waals surface area contributed by atoms with E-state index in [1.807, 2.05) is 49.2 Å². The summed E-state index contributed by atoms with van der Waals surface area (Å²) in [4.78, 5) is 61.2. The molecule has 1 aromatic heterocycles. The normalized spacial score (nSPS) is 20.8. The maximum atomic E-state index is 14.6. The second-order valence-electron chi connectivity index (χ2n) is 17.6. The topological polar surface area (TPSA) is 106 Å². The monoisotopic (exact) mass is 780 g/mol. The number of thiazole rings is 1. The molecule has 1 fully saturated rings. The van der Waals surface area contributed by atoms with E-state index < -0.39 is 12.0 Å². The van der Waals surface area contributed by atoms with Gasteiger partial charge in [0.05, 0.1) is 25.7 Å². The minimum atomic E-state index is -0.485. The largest absolute Gasteiger partial charge is 0.367 e. The van der Waals surface area contributed by atoms with Gasteiger partial charge in [-0.3, -0.25) is 19.2 Å². The number of nitrogens with zero attached hydrogens (tertiary/aromatic N) is 3. The maximum Gasteiger partial charge on any atom is 0.270 e. The molecule has 306 valence electrons. The van der Waals surface area contributed by atoms with Crippen molar-refractivity contribution in [3.8, 4) is 0 Å². The lowest BCUT2D eigenvalue weighted by atomic mass is 9.81. The standard InChI is InChI=1S/C45H70N4O5S/c1-13-24-54-41(43-47-37(29-55-43)42(52)46-35(25-32(6)33(7)50)26-34-20-16-15-17-21-34)28-38(30(3)4)48(11)44(53)36(31(5)14-2)27-40(51)39-22-18-19-23-49(39,12)45(8,9)10/h13,15-17,20-21,29-32,35-36,38-39,41H,1,14,18-19,22-28H2,2-12H3/p+1/t31-,32-,35+,36?,38+,39+,41+,49?/m0/s1. The van der Waals surface area contributed by atoms with Crippen molar-refractivity contribution >= 4 is 34.7 Å². The number of amides is 2. The summed E-state index contributed by atoms with van der Waals surface area (Å²) in [5, 5.41) is 5.56. The molecule has 0 radical (unpaired) electrons. The van der Waals surface area contributed by atoms with Crippen molar-refractivity contribution in [3.63, 3.8) is 0 Å². The molecule has 1 saturated heterocycles. The summed E-state index contributed by atoms with van der Waals surface area (Å²) < 4.78 is 7.02. The van der Waals surface area contributed by atoms with Gasteiger partial charge < -0.3 is 19.4 Å². The number of carbonyl (C=O) groups is 4. The van der Waals surface area contributed by atoms with Crippen LogP contribution in [0.15, 0.2) is 48.4 Å². The van der Waals surface area contributed by atoms with Crippen molar-refractivity contribution in [2.45, 2.75) is 143 Å². The molecule has 9 nitrogen and oxygen atoms in total. The molecule has 0 aliphatic carbocycles. The number of carbonyl (C=O) groups excluding carboxylic acids is 4. The number of Topliss-reactive ketones (excluding diaryl/α,β-unsaturated/α-hetero) is 2. The minimum Gasteiger partial charge on any atom is -0.367 e. The van der Waals surface area contributed by atoms with E-state index in [1.54, 1.807) is 18.4 Å². The number of ketones is 2. The second kappa shape index (κ2) is 20.8. The van der Waals surface area contributed by atoms with Crippen LogP contribution in [0.3, 0.4) is 0 Å². The Labute approximate surface area is 336 Å². The van der Waals surface area contributed by atoms with Crippen LogP contribution in [0, 0.1) is 23.7 Å². The Balaban J connectivity index is 1.84. The van der Waals surface area contributed by atoms with Crippen LogP contribution in [-0.4, -0.2) is 88.7 Å². The molecule has 2 unspecified atom stereocenters. The van der Waals surface area contributed by atoms with Crippen molar-refractivity contribution < 1.29 is 28.4 Å². The van der Waals surface area contributed by atoms with Crippen LogP contribution in [0.25, 0.3) is 0 Å². The fraction of sp³-hybridized carbons (Fsp3) is 0.667. The average Bonchev–Trinajstić information content (AvgIpc) is 3.63. The van der Waals surface area contributed by atoms with Gasteiger partial charge >= 0.3 is 0 Å². The summed E-state index contributed by atoms with van der Waals surface area (Å²) >= 11 is 1.37. The van der Waals surface area contributed by atoms with Gasteiger partial charge in [-0.15, -0.1) is 17.9 Å². The number of nitrogens with one attached hydrogen (secondary N) is 1. The van der Waals surface area contributed by atoms with Crippen molar-refractivity contribution in [2.75, 3.05) is 27.2 Å². The predicted octanol–water partition coefficient (Wildman–Crippen LogP) is 8.64. The molecule has 1 aliphatic heterocycles. The van der Waals surface area contributed by atoms with Gasteiger partial charge in [0.1, 0.15) is 28.6 Å². The Hall–Kier alpha value is -3.21. The molecule has 8 atom stereocenters. The van der Waals surface area contributed by atoms with Crippen molar-refractivity contribution in [1.82, 2.24) is 15.2 Å². The van der Waals surface area contributed by atoms with E-state index in [1.165, 1.54) is 11.3 Å². The summed E-state index contributed by atoms with van der Waals surface area (Å²) in [7, 11) is 4.08.